The van der Waals surface area contributed by atoms with Crippen LogP contribution in [0.15, 0.2) is 0 Å². The average molecular weight is 623 g/mol. The predicted octanol–water partition coefficient (Wildman–Crippen LogP) is 7.51. The van der Waals surface area contributed by atoms with Gasteiger partial charge in [-0.25, -0.2) is 0 Å². The van der Waals surface area contributed by atoms with Gasteiger partial charge in [0.15, 0.2) is 0 Å². The second-order valence-electron chi connectivity index (χ2n) is 15.1. The maximum atomic E-state index is 6.27. The summed E-state index contributed by atoms with van der Waals surface area (Å²) >= 11 is 0. The van der Waals surface area contributed by atoms with Gasteiger partial charge in [0.1, 0.15) is 0 Å². The van der Waals surface area contributed by atoms with E-state index in [0.29, 0.717) is 18.2 Å². The molecule has 0 aromatic heterocycles. The first-order valence-corrected chi connectivity index (χ1v) is 19.3. The summed E-state index contributed by atoms with van der Waals surface area (Å²) in [6.07, 6.45) is 12.6. The molecule has 0 aromatic rings. The molecule has 4 fully saturated rings. The van der Waals surface area contributed by atoms with Crippen molar-refractivity contribution in [1.29, 1.82) is 0 Å². The fourth-order valence-electron chi connectivity index (χ4n) is 7.49. The molecule has 0 spiro atoms. The van der Waals surface area contributed by atoms with Crippen LogP contribution in [-0.4, -0.2) is 123 Å². The van der Waals surface area contributed by atoms with Gasteiger partial charge in [-0.05, 0) is 129 Å². The van der Waals surface area contributed by atoms with Gasteiger partial charge in [0.25, 0.3) is 0 Å². The quantitative estimate of drug-likeness (QED) is 0.224. The number of rotatable bonds is 12. The van der Waals surface area contributed by atoms with Crippen molar-refractivity contribution in [2.24, 2.45) is 23.7 Å². The van der Waals surface area contributed by atoms with E-state index in [1.54, 1.807) is 0 Å². The van der Waals surface area contributed by atoms with E-state index in [1.807, 2.05) is 13.8 Å². The molecule has 0 N–H and O–H groups in total. The molecule has 6 heteroatoms. The second kappa shape index (κ2) is 22.4. The van der Waals surface area contributed by atoms with Gasteiger partial charge in [-0.1, -0.05) is 48.5 Å². The van der Waals surface area contributed by atoms with Crippen molar-refractivity contribution in [3.63, 3.8) is 0 Å². The second-order valence-corrected chi connectivity index (χ2v) is 15.1. The van der Waals surface area contributed by atoms with Gasteiger partial charge < -0.3 is 24.2 Å². The molecule has 4 saturated heterocycles. The normalized spacial score (nSPS) is 24.5. The van der Waals surface area contributed by atoms with Gasteiger partial charge in [-0.15, -0.1) is 0 Å². The van der Waals surface area contributed by atoms with E-state index in [9.17, 15) is 0 Å². The highest BCUT2D eigenvalue weighted by Crippen LogP contribution is 2.26. The van der Waals surface area contributed by atoms with Crippen LogP contribution in [-0.2, 0) is 9.47 Å². The van der Waals surface area contributed by atoms with E-state index in [4.69, 9.17) is 9.47 Å². The summed E-state index contributed by atoms with van der Waals surface area (Å²) in [6, 6.07) is 1.31. The highest BCUT2D eigenvalue weighted by atomic mass is 16.5. The first-order chi connectivity index (χ1) is 21.2. The third kappa shape index (κ3) is 14.7. The minimum absolute atomic E-state index is 0.492. The number of likely N-dealkylation sites (tertiary alicyclic amines) is 4. The maximum Gasteiger partial charge on any atom is 0.0622 e. The van der Waals surface area contributed by atoms with E-state index >= 15 is 0 Å². The van der Waals surface area contributed by atoms with Crippen LogP contribution in [0.1, 0.15) is 120 Å². The highest BCUT2D eigenvalue weighted by Gasteiger charge is 2.27. The van der Waals surface area contributed by atoms with Crippen LogP contribution in [0.4, 0.5) is 0 Å². The van der Waals surface area contributed by atoms with Crippen molar-refractivity contribution in [2.75, 3.05) is 79.2 Å². The molecular weight excluding hydrogens is 544 g/mol. The van der Waals surface area contributed by atoms with Gasteiger partial charge in [-0.3, -0.25) is 4.90 Å². The van der Waals surface area contributed by atoms with Crippen molar-refractivity contribution >= 4 is 0 Å². The summed E-state index contributed by atoms with van der Waals surface area (Å²) in [5, 5.41) is 0. The fraction of sp³-hybridized carbons (Fsp3) is 1.00. The Labute approximate surface area is 275 Å². The molecule has 4 heterocycles. The Bertz CT molecular complexity index is 674. The van der Waals surface area contributed by atoms with E-state index < -0.39 is 0 Å². The standard InChI is InChI=1S/C20H40N2O.C16H32N2O.C2H6/c1-6-17(4)21-13-9-20(10-14-21)23-15-18(5)22-11-7-19(8-12-22)16(2)3;1-14(2)15-4-10-18(11-5-15)12-13-19-16-6-8-17(3)9-7-16;1-2/h16-20H,6-15H2,1-5H3;14-16H,4-13H2,1-3H3;1-2H3. The van der Waals surface area contributed by atoms with Gasteiger partial charge in [0.2, 0.25) is 0 Å². The van der Waals surface area contributed by atoms with Crippen molar-refractivity contribution in [3.05, 3.63) is 0 Å². The lowest BCUT2D eigenvalue weighted by atomic mass is 9.86. The zero-order chi connectivity index (χ0) is 32.5. The van der Waals surface area contributed by atoms with Crippen molar-refractivity contribution in [2.45, 2.75) is 144 Å². The van der Waals surface area contributed by atoms with Crippen molar-refractivity contribution < 1.29 is 9.47 Å². The monoisotopic (exact) mass is 623 g/mol. The number of hydrogen-bond donors (Lipinski definition) is 0. The van der Waals surface area contributed by atoms with Crippen LogP contribution in [0.2, 0.25) is 0 Å². The summed E-state index contributed by atoms with van der Waals surface area (Å²) < 4.78 is 12.3. The summed E-state index contributed by atoms with van der Waals surface area (Å²) in [5.41, 5.74) is 0. The SMILES string of the molecule is CC.CC(C)C1CCN(CCOC2CCN(C)CC2)CC1.CCC(C)N1CCC(OCC(C)N2CCC(C(C)C)CC2)CC1. The predicted molar refractivity (Wildman–Crippen MR) is 191 cm³/mol. The van der Waals surface area contributed by atoms with Crippen molar-refractivity contribution in [3.8, 4) is 0 Å². The highest BCUT2D eigenvalue weighted by molar-refractivity contribution is 4.80. The van der Waals surface area contributed by atoms with E-state index in [0.717, 1.165) is 49.5 Å². The lowest BCUT2D eigenvalue weighted by Gasteiger charge is -2.39. The Kier molecular flexibility index (Phi) is 20.3. The van der Waals surface area contributed by atoms with Crippen LogP contribution in [0, 0.1) is 23.7 Å². The Morgan fingerprint density at radius 3 is 1.50 bits per heavy atom. The smallest absolute Gasteiger partial charge is 0.0622 e. The molecule has 2 unspecified atom stereocenters. The lowest BCUT2D eigenvalue weighted by Crippen LogP contribution is -2.45. The molecule has 2 atom stereocenters. The Morgan fingerprint density at radius 2 is 1.00 bits per heavy atom. The van der Waals surface area contributed by atoms with Gasteiger partial charge in [0.05, 0.1) is 25.4 Å². The summed E-state index contributed by atoms with van der Waals surface area (Å²) in [7, 11) is 2.20. The van der Waals surface area contributed by atoms with E-state index in [2.05, 4.69) is 75.1 Å². The zero-order valence-electron chi connectivity index (χ0n) is 31.4. The Balaban J connectivity index is 0.000000295. The molecule has 262 valence electrons. The van der Waals surface area contributed by atoms with Crippen LogP contribution < -0.4 is 0 Å². The lowest BCUT2D eigenvalue weighted by molar-refractivity contribution is -0.0293. The average Bonchev–Trinajstić information content (AvgIpc) is 3.06. The van der Waals surface area contributed by atoms with E-state index in [-0.39, 0.29) is 0 Å². The van der Waals surface area contributed by atoms with Gasteiger partial charge in [0, 0.05) is 44.8 Å². The topological polar surface area (TPSA) is 31.4 Å². The molecule has 0 saturated carbocycles. The molecule has 0 radical (unpaired) electrons. The van der Waals surface area contributed by atoms with Crippen LogP contribution >= 0.6 is 0 Å². The molecule has 0 amide bonds. The van der Waals surface area contributed by atoms with Crippen LogP contribution in [0.5, 0.6) is 0 Å². The van der Waals surface area contributed by atoms with Crippen LogP contribution in [0.25, 0.3) is 0 Å². The first-order valence-electron chi connectivity index (χ1n) is 19.3. The number of nitrogens with zero attached hydrogens (tertiary/aromatic N) is 4. The molecule has 4 aliphatic rings. The fourth-order valence-corrected chi connectivity index (χ4v) is 7.49. The minimum atomic E-state index is 0.492. The Morgan fingerprint density at radius 1 is 0.568 bits per heavy atom. The minimum Gasteiger partial charge on any atom is -0.377 e. The number of ether oxygens (including phenoxy) is 2. The van der Waals surface area contributed by atoms with Gasteiger partial charge >= 0.3 is 0 Å². The first kappa shape index (κ1) is 39.9. The molecule has 44 heavy (non-hydrogen) atoms. The molecule has 4 aliphatic heterocycles. The maximum absolute atomic E-state index is 6.27. The largest absolute Gasteiger partial charge is 0.377 e. The van der Waals surface area contributed by atoms with Crippen molar-refractivity contribution in [1.82, 2.24) is 19.6 Å². The van der Waals surface area contributed by atoms with Crippen LogP contribution in [0.3, 0.4) is 0 Å². The third-order valence-corrected chi connectivity index (χ3v) is 11.4. The third-order valence-electron chi connectivity index (χ3n) is 11.4. The summed E-state index contributed by atoms with van der Waals surface area (Å²) in [6.45, 7) is 33.4. The molecule has 0 bridgehead atoms. The number of hydrogen-bond acceptors (Lipinski definition) is 6. The molecule has 6 nitrogen and oxygen atoms in total. The Hall–Kier alpha value is -0.240. The summed E-state index contributed by atoms with van der Waals surface area (Å²) in [4.78, 5) is 10.3. The summed E-state index contributed by atoms with van der Waals surface area (Å²) in [5.74, 6) is 3.59. The zero-order valence-corrected chi connectivity index (χ0v) is 31.4. The number of piperidine rings is 4. The van der Waals surface area contributed by atoms with Gasteiger partial charge in [-0.2, -0.15) is 0 Å². The molecule has 4 rings (SSSR count). The van der Waals surface area contributed by atoms with E-state index in [1.165, 1.54) is 110 Å². The molecule has 0 aromatic carbocycles. The molecule has 0 aliphatic carbocycles. The molecular formula is C38H78N4O2.